The summed E-state index contributed by atoms with van der Waals surface area (Å²) in [5, 5.41) is 0. The molecule has 0 amide bonds. The Kier molecular flexibility index (Phi) is 5.53. The number of Topliss-reactive ketones (excluding diaryl/α,β-unsaturated/α-hetero) is 1. The lowest BCUT2D eigenvalue weighted by molar-refractivity contribution is 0.0989. The summed E-state index contributed by atoms with van der Waals surface area (Å²) in [6.45, 7) is 1.67. The number of pyridine rings is 2. The van der Waals surface area contributed by atoms with Crippen molar-refractivity contribution in [3.63, 3.8) is 0 Å². The van der Waals surface area contributed by atoms with Gasteiger partial charge in [-0.3, -0.25) is 9.78 Å². The third-order valence-electron chi connectivity index (χ3n) is 5.15. The van der Waals surface area contributed by atoms with Gasteiger partial charge in [-0.2, -0.15) is 0 Å². The second kappa shape index (κ2) is 8.42. The normalized spacial score (nSPS) is 16.4. The quantitative estimate of drug-likeness (QED) is 0.537. The molecule has 1 saturated heterocycles. The van der Waals surface area contributed by atoms with Gasteiger partial charge in [0.15, 0.2) is 5.78 Å². The SMILES string of the molecule is Nc1cnc(-c2ccc(N)c(C(=O)Cc3cnccc3N3CCC[C@H](N)C3)n2)cn1. The first-order chi connectivity index (χ1) is 14.5. The van der Waals surface area contributed by atoms with Gasteiger partial charge in [-0.15, -0.1) is 0 Å². The van der Waals surface area contributed by atoms with E-state index in [1.165, 1.54) is 12.4 Å². The highest BCUT2D eigenvalue weighted by Gasteiger charge is 2.22. The number of nitrogens with two attached hydrogens (primary N) is 3. The molecule has 1 fully saturated rings. The van der Waals surface area contributed by atoms with Crippen LogP contribution in [0.25, 0.3) is 11.4 Å². The first-order valence-electron chi connectivity index (χ1n) is 9.82. The maximum Gasteiger partial charge on any atom is 0.187 e. The molecule has 154 valence electrons. The number of hydrogen-bond acceptors (Lipinski definition) is 9. The number of piperidine rings is 1. The Balaban J connectivity index is 1.60. The van der Waals surface area contributed by atoms with Crippen molar-refractivity contribution >= 4 is 23.0 Å². The van der Waals surface area contributed by atoms with Crippen molar-refractivity contribution in [2.75, 3.05) is 29.5 Å². The molecule has 3 aromatic heterocycles. The van der Waals surface area contributed by atoms with E-state index in [1.807, 2.05) is 6.07 Å². The number of ketones is 1. The third kappa shape index (κ3) is 4.20. The summed E-state index contributed by atoms with van der Waals surface area (Å²) in [5.74, 6) is 0.125. The van der Waals surface area contributed by atoms with Gasteiger partial charge >= 0.3 is 0 Å². The molecule has 0 aromatic carbocycles. The average molecular weight is 404 g/mol. The number of nitrogen functional groups attached to an aromatic ring is 2. The molecule has 3 aromatic rings. The molecule has 4 rings (SSSR count). The van der Waals surface area contributed by atoms with Crippen molar-refractivity contribution < 1.29 is 4.79 Å². The van der Waals surface area contributed by atoms with Crippen LogP contribution in [0, 0.1) is 0 Å². The number of carbonyl (C=O) groups is 1. The predicted octanol–water partition coefficient (Wildman–Crippen LogP) is 1.45. The van der Waals surface area contributed by atoms with Crippen LogP contribution in [0.3, 0.4) is 0 Å². The molecule has 0 aliphatic carbocycles. The Morgan fingerprint density at radius 1 is 1.10 bits per heavy atom. The van der Waals surface area contributed by atoms with Crippen LogP contribution >= 0.6 is 0 Å². The van der Waals surface area contributed by atoms with E-state index in [2.05, 4.69) is 24.8 Å². The van der Waals surface area contributed by atoms with Gasteiger partial charge in [0.25, 0.3) is 0 Å². The summed E-state index contributed by atoms with van der Waals surface area (Å²) < 4.78 is 0. The number of carbonyl (C=O) groups excluding carboxylic acids is 1. The van der Waals surface area contributed by atoms with E-state index in [9.17, 15) is 4.79 Å². The largest absolute Gasteiger partial charge is 0.397 e. The standard InChI is InChI=1S/C21H24N8O/c22-14-2-1-7-29(12-14)18-5-6-25-9-13(18)8-19(30)21-15(23)3-4-16(28-21)17-10-27-20(24)11-26-17/h3-6,9-11,14H,1-2,7-8,12,22-23H2,(H2,24,27)/t14-/m0/s1. The molecular formula is C21H24N8O. The monoisotopic (exact) mass is 404 g/mol. The van der Waals surface area contributed by atoms with Crippen molar-refractivity contribution in [2.24, 2.45) is 5.73 Å². The summed E-state index contributed by atoms with van der Waals surface area (Å²) >= 11 is 0. The summed E-state index contributed by atoms with van der Waals surface area (Å²) in [6.07, 6.45) is 8.59. The molecule has 0 radical (unpaired) electrons. The van der Waals surface area contributed by atoms with Crippen LogP contribution in [0.4, 0.5) is 17.2 Å². The Bertz CT molecular complexity index is 1050. The number of aromatic nitrogens is 4. The van der Waals surface area contributed by atoms with Crippen molar-refractivity contribution in [3.8, 4) is 11.4 Å². The number of hydrogen-bond donors (Lipinski definition) is 3. The third-order valence-corrected chi connectivity index (χ3v) is 5.15. The smallest absolute Gasteiger partial charge is 0.187 e. The van der Waals surface area contributed by atoms with Gasteiger partial charge in [0.05, 0.1) is 23.8 Å². The van der Waals surface area contributed by atoms with Crippen LogP contribution in [0.1, 0.15) is 28.9 Å². The van der Waals surface area contributed by atoms with Crippen LogP contribution in [-0.4, -0.2) is 44.9 Å². The second-order valence-corrected chi connectivity index (χ2v) is 7.41. The molecule has 6 N–H and O–H groups in total. The highest BCUT2D eigenvalue weighted by atomic mass is 16.1. The lowest BCUT2D eigenvalue weighted by atomic mass is 10.0. The van der Waals surface area contributed by atoms with Gasteiger partial charge in [-0.05, 0) is 31.0 Å². The van der Waals surface area contributed by atoms with Crippen molar-refractivity contribution in [1.82, 2.24) is 19.9 Å². The van der Waals surface area contributed by atoms with E-state index >= 15 is 0 Å². The summed E-state index contributed by atoms with van der Waals surface area (Å²) in [4.78, 5) is 32.2. The van der Waals surface area contributed by atoms with Gasteiger partial charge in [-0.25, -0.2) is 15.0 Å². The first kappa shape index (κ1) is 19.7. The molecule has 0 spiro atoms. The molecular weight excluding hydrogens is 380 g/mol. The fourth-order valence-electron chi connectivity index (χ4n) is 3.66. The van der Waals surface area contributed by atoms with Crippen molar-refractivity contribution in [3.05, 3.63) is 54.2 Å². The molecule has 1 aliphatic heterocycles. The summed E-state index contributed by atoms with van der Waals surface area (Å²) in [5.41, 5.74) is 21.1. The highest BCUT2D eigenvalue weighted by molar-refractivity contribution is 6.01. The van der Waals surface area contributed by atoms with E-state index in [4.69, 9.17) is 17.2 Å². The molecule has 9 heteroatoms. The van der Waals surface area contributed by atoms with Crippen LogP contribution in [-0.2, 0) is 6.42 Å². The fourth-order valence-corrected chi connectivity index (χ4v) is 3.66. The van der Waals surface area contributed by atoms with Crippen LogP contribution < -0.4 is 22.1 Å². The lowest BCUT2D eigenvalue weighted by Gasteiger charge is -2.33. The molecule has 0 unspecified atom stereocenters. The zero-order valence-corrected chi connectivity index (χ0v) is 16.5. The van der Waals surface area contributed by atoms with E-state index in [-0.39, 0.29) is 23.9 Å². The summed E-state index contributed by atoms with van der Waals surface area (Å²) in [7, 11) is 0. The minimum absolute atomic E-state index is 0.130. The first-order valence-corrected chi connectivity index (χ1v) is 9.82. The predicted molar refractivity (Wildman–Crippen MR) is 116 cm³/mol. The van der Waals surface area contributed by atoms with E-state index in [0.29, 0.717) is 22.9 Å². The van der Waals surface area contributed by atoms with Crippen LogP contribution in [0.5, 0.6) is 0 Å². The molecule has 0 bridgehead atoms. The maximum absolute atomic E-state index is 13.1. The van der Waals surface area contributed by atoms with Crippen LogP contribution in [0.15, 0.2) is 43.0 Å². The van der Waals surface area contributed by atoms with Crippen LogP contribution in [0.2, 0.25) is 0 Å². The Hall–Kier alpha value is -3.59. The number of rotatable bonds is 5. The second-order valence-electron chi connectivity index (χ2n) is 7.41. The highest BCUT2D eigenvalue weighted by Crippen LogP contribution is 2.26. The molecule has 30 heavy (non-hydrogen) atoms. The van der Waals surface area contributed by atoms with E-state index in [0.717, 1.165) is 37.2 Å². The van der Waals surface area contributed by atoms with E-state index in [1.54, 1.807) is 24.5 Å². The maximum atomic E-state index is 13.1. The summed E-state index contributed by atoms with van der Waals surface area (Å²) in [6, 6.07) is 5.42. The zero-order chi connectivity index (χ0) is 21.1. The van der Waals surface area contributed by atoms with Gasteiger partial charge in [0.2, 0.25) is 0 Å². The topological polar surface area (TPSA) is 150 Å². The lowest BCUT2D eigenvalue weighted by Crippen LogP contribution is -2.43. The minimum atomic E-state index is -0.187. The molecule has 0 saturated carbocycles. The van der Waals surface area contributed by atoms with Crippen molar-refractivity contribution in [2.45, 2.75) is 25.3 Å². The molecule has 1 aliphatic rings. The molecule has 1 atom stereocenters. The zero-order valence-electron chi connectivity index (χ0n) is 16.5. The molecule has 4 heterocycles. The Labute approximate surface area is 174 Å². The van der Waals surface area contributed by atoms with Gasteiger partial charge in [0.1, 0.15) is 17.2 Å². The molecule has 9 nitrogen and oxygen atoms in total. The van der Waals surface area contributed by atoms with Gasteiger partial charge in [0, 0.05) is 49.2 Å². The Morgan fingerprint density at radius 2 is 1.97 bits per heavy atom. The van der Waals surface area contributed by atoms with Gasteiger partial charge < -0.3 is 22.1 Å². The average Bonchev–Trinajstić information content (AvgIpc) is 2.75. The Morgan fingerprint density at radius 3 is 2.73 bits per heavy atom. The minimum Gasteiger partial charge on any atom is -0.397 e. The van der Waals surface area contributed by atoms with Gasteiger partial charge in [-0.1, -0.05) is 0 Å². The fraction of sp³-hybridized carbons (Fsp3) is 0.286. The number of anilines is 3. The van der Waals surface area contributed by atoms with E-state index < -0.39 is 0 Å². The number of nitrogens with zero attached hydrogens (tertiary/aromatic N) is 5. The van der Waals surface area contributed by atoms with Crippen molar-refractivity contribution in [1.29, 1.82) is 0 Å².